The van der Waals surface area contributed by atoms with E-state index in [9.17, 15) is 19.2 Å². The monoisotopic (exact) mass is 231 g/mol. The van der Waals surface area contributed by atoms with Gasteiger partial charge in [-0.15, -0.1) is 0 Å². The Morgan fingerprint density at radius 2 is 1.80 bits per heavy atom. The van der Waals surface area contributed by atoms with Gasteiger partial charge in [0, 0.05) is 12.8 Å². The number of aliphatic carboxylic acids is 1. The van der Waals surface area contributed by atoms with E-state index in [0.717, 1.165) is 4.90 Å². The predicted molar refractivity (Wildman–Crippen MR) is 51.1 cm³/mol. The van der Waals surface area contributed by atoms with Gasteiger partial charge in [0.15, 0.2) is 0 Å². The molecule has 1 fully saturated rings. The molecule has 1 aliphatic rings. The number of amides is 2. The predicted octanol–water partition coefficient (Wildman–Crippen LogP) is -0.520. The molecule has 15 heavy (non-hydrogen) atoms. The average molecular weight is 231 g/mol. The van der Waals surface area contributed by atoms with E-state index in [1.54, 1.807) is 0 Å². The van der Waals surface area contributed by atoms with Crippen LogP contribution in [0.25, 0.3) is 0 Å². The second-order valence-corrected chi connectivity index (χ2v) is 3.96. The highest BCUT2D eigenvalue weighted by atomic mass is 32.2. The van der Waals surface area contributed by atoms with Crippen molar-refractivity contribution in [3.8, 4) is 0 Å². The third-order valence-corrected chi connectivity index (χ3v) is 2.64. The molecule has 0 atom stereocenters. The van der Waals surface area contributed by atoms with E-state index in [2.05, 4.69) is 0 Å². The number of hydrogen-bond donors (Lipinski definition) is 1. The zero-order valence-electron chi connectivity index (χ0n) is 7.76. The Morgan fingerprint density at radius 3 is 2.27 bits per heavy atom. The molecule has 0 aliphatic carbocycles. The van der Waals surface area contributed by atoms with E-state index >= 15 is 0 Å². The minimum Gasteiger partial charge on any atom is -0.481 e. The molecule has 0 radical (unpaired) electrons. The Labute approximate surface area is 89.6 Å². The lowest BCUT2D eigenvalue weighted by Gasteiger charge is -2.11. The molecule has 0 aromatic heterocycles. The molecule has 0 saturated carbocycles. The molecule has 1 aliphatic heterocycles. The fourth-order valence-electron chi connectivity index (χ4n) is 1.12. The fourth-order valence-corrected chi connectivity index (χ4v) is 1.62. The molecule has 1 N–H and O–H groups in total. The van der Waals surface area contributed by atoms with Gasteiger partial charge in [-0.05, 0) is 0 Å². The molecule has 0 bridgehead atoms. The van der Waals surface area contributed by atoms with Gasteiger partial charge in [0.1, 0.15) is 0 Å². The molecule has 1 saturated heterocycles. The third kappa shape index (κ3) is 3.35. The Kier molecular flexibility index (Phi) is 3.84. The summed E-state index contributed by atoms with van der Waals surface area (Å²) < 4.78 is 0. The first-order valence-electron chi connectivity index (χ1n) is 4.21. The molecule has 2 amide bonds. The minimum absolute atomic E-state index is 0.135. The van der Waals surface area contributed by atoms with E-state index in [1.807, 2.05) is 0 Å². The average Bonchev–Trinajstić information content (AvgIpc) is 2.46. The van der Waals surface area contributed by atoms with E-state index in [1.165, 1.54) is 0 Å². The number of rotatable bonds is 4. The van der Waals surface area contributed by atoms with Crippen molar-refractivity contribution >= 4 is 34.7 Å². The molecule has 0 spiro atoms. The highest BCUT2D eigenvalue weighted by Crippen LogP contribution is 2.13. The highest BCUT2D eigenvalue weighted by molar-refractivity contribution is 8.14. The van der Waals surface area contributed by atoms with Crippen LogP contribution in [0.5, 0.6) is 0 Å². The zero-order chi connectivity index (χ0) is 11.4. The van der Waals surface area contributed by atoms with Crippen molar-refractivity contribution in [1.29, 1.82) is 0 Å². The van der Waals surface area contributed by atoms with Gasteiger partial charge in [-0.1, -0.05) is 11.8 Å². The van der Waals surface area contributed by atoms with Gasteiger partial charge in [-0.25, -0.2) is 0 Å². The van der Waals surface area contributed by atoms with E-state index in [-0.39, 0.29) is 37.0 Å². The number of imide groups is 1. The summed E-state index contributed by atoms with van der Waals surface area (Å²) in [4.78, 5) is 44.3. The van der Waals surface area contributed by atoms with Gasteiger partial charge in [0.25, 0.3) is 0 Å². The lowest BCUT2D eigenvalue weighted by Crippen LogP contribution is -2.33. The normalized spacial score (nSPS) is 15.9. The van der Waals surface area contributed by atoms with Gasteiger partial charge in [0.05, 0.1) is 12.3 Å². The van der Waals surface area contributed by atoms with Crippen LogP contribution in [-0.4, -0.2) is 45.2 Å². The summed E-state index contributed by atoms with van der Waals surface area (Å²) in [5.74, 6) is -2.20. The largest absolute Gasteiger partial charge is 0.481 e. The molecule has 0 aromatic rings. The van der Waals surface area contributed by atoms with Crippen LogP contribution >= 0.6 is 11.8 Å². The van der Waals surface area contributed by atoms with Crippen LogP contribution in [-0.2, 0) is 19.2 Å². The van der Waals surface area contributed by atoms with Crippen LogP contribution in [0.2, 0.25) is 0 Å². The summed E-state index contributed by atoms with van der Waals surface area (Å²) in [6, 6.07) is 0. The SMILES string of the molecule is O=C(O)CSC(=O)CN1C(=O)CCC1=O. The number of carboxylic acids is 1. The van der Waals surface area contributed by atoms with E-state index in [0.29, 0.717) is 11.8 Å². The summed E-state index contributed by atoms with van der Waals surface area (Å²) in [5, 5.41) is 7.82. The van der Waals surface area contributed by atoms with Crippen molar-refractivity contribution in [2.24, 2.45) is 0 Å². The molecule has 82 valence electrons. The van der Waals surface area contributed by atoms with Crippen LogP contribution in [0.1, 0.15) is 12.8 Å². The maximum Gasteiger partial charge on any atom is 0.313 e. The molecule has 0 aromatic carbocycles. The smallest absolute Gasteiger partial charge is 0.313 e. The molecular weight excluding hydrogens is 222 g/mol. The maximum absolute atomic E-state index is 11.1. The number of nitrogens with zero attached hydrogens (tertiary/aromatic N) is 1. The first kappa shape index (κ1) is 11.7. The van der Waals surface area contributed by atoms with Crippen LogP contribution in [0, 0.1) is 0 Å². The van der Waals surface area contributed by atoms with Gasteiger partial charge in [-0.3, -0.25) is 24.1 Å². The number of carboxylic acid groups (broad SMARTS) is 1. The zero-order valence-corrected chi connectivity index (χ0v) is 8.58. The second kappa shape index (κ2) is 4.92. The Balaban J connectivity index is 2.40. The third-order valence-electron chi connectivity index (χ3n) is 1.80. The lowest BCUT2D eigenvalue weighted by atomic mass is 10.4. The van der Waals surface area contributed by atoms with E-state index in [4.69, 9.17) is 5.11 Å². The van der Waals surface area contributed by atoms with Crippen molar-refractivity contribution in [2.45, 2.75) is 12.8 Å². The molecular formula is C8H9NO5S. The lowest BCUT2D eigenvalue weighted by molar-refractivity contribution is -0.140. The van der Waals surface area contributed by atoms with Crippen LogP contribution < -0.4 is 0 Å². The molecule has 0 unspecified atom stereocenters. The Morgan fingerprint density at radius 1 is 1.27 bits per heavy atom. The summed E-state index contributed by atoms with van der Waals surface area (Å²) in [6.45, 7) is -0.324. The second-order valence-electron chi connectivity index (χ2n) is 2.93. The van der Waals surface area contributed by atoms with Crippen LogP contribution in [0.15, 0.2) is 0 Å². The molecule has 6 nitrogen and oxygen atoms in total. The topological polar surface area (TPSA) is 91.8 Å². The van der Waals surface area contributed by atoms with E-state index < -0.39 is 11.1 Å². The number of likely N-dealkylation sites (tertiary alicyclic amines) is 1. The quantitative estimate of drug-likeness (QED) is 0.654. The van der Waals surface area contributed by atoms with Crippen LogP contribution in [0.3, 0.4) is 0 Å². The van der Waals surface area contributed by atoms with Gasteiger partial charge in [0.2, 0.25) is 16.9 Å². The Hall–Kier alpha value is -1.37. The first-order valence-corrected chi connectivity index (χ1v) is 5.20. The number of thioether (sulfide) groups is 1. The summed E-state index contributed by atoms with van der Waals surface area (Å²) in [7, 11) is 0. The van der Waals surface area contributed by atoms with Crippen molar-refractivity contribution in [3.05, 3.63) is 0 Å². The first-order chi connectivity index (χ1) is 7.00. The van der Waals surface area contributed by atoms with Crippen LogP contribution in [0.4, 0.5) is 0 Å². The summed E-state index contributed by atoms with van der Waals surface area (Å²) >= 11 is 0.591. The maximum atomic E-state index is 11.1. The van der Waals surface area contributed by atoms with Crippen molar-refractivity contribution in [2.75, 3.05) is 12.3 Å². The van der Waals surface area contributed by atoms with Crippen molar-refractivity contribution in [1.82, 2.24) is 4.90 Å². The number of carbonyl (C=O) groups excluding carboxylic acids is 3. The molecule has 1 heterocycles. The Bertz CT molecular complexity index is 311. The fraction of sp³-hybridized carbons (Fsp3) is 0.500. The summed E-state index contributed by atoms with van der Waals surface area (Å²) in [5.41, 5.74) is 0. The van der Waals surface area contributed by atoms with Crippen molar-refractivity contribution < 1.29 is 24.3 Å². The number of carbonyl (C=O) groups is 4. The van der Waals surface area contributed by atoms with Gasteiger partial charge in [-0.2, -0.15) is 0 Å². The van der Waals surface area contributed by atoms with Gasteiger partial charge >= 0.3 is 5.97 Å². The molecule has 1 rings (SSSR count). The summed E-state index contributed by atoms with van der Waals surface area (Å²) in [6.07, 6.45) is 0.269. The number of hydrogen-bond acceptors (Lipinski definition) is 5. The standard InChI is InChI=1S/C8H9NO5S/c10-5-1-2-6(11)9(5)3-8(14)15-4-7(12)13/h1-4H2,(H,12,13). The van der Waals surface area contributed by atoms with Gasteiger partial charge < -0.3 is 5.11 Å². The minimum atomic E-state index is -1.10. The van der Waals surface area contributed by atoms with Crippen molar-refractivity contribution in [3.63, 3.8) is 0 Å². The highest BCUT2D eigenvalue weighted by Gasteiger charge is 2.30. The molecule has 7 heteroatoms.